The van der Waals surface area contributed by atoms with Gasteiger partial charge in [-0.05, 0) is 11.3 Å². The summed E-state index contributed by atoms with van der Waals surface area (Å²) in [6, 6.07) is 6.37. The van der Waals surface area contributed by atoms with Gasteiger partial charge >= 0.3 is 0 Å². The van der Waals surface area contributed by atoms with Crippen LogP contribution < -0.4 is 0 Å². The van der Waals surface area contributed by atoms with Gasteiger partial charge in [-0.3, -0.25) is 4.98 Å². The Bertz CT molecular complexity index is 366. The molecule has 0 amide bonds. The van der Waals surface area contributed by atoms with Crippen LogP contribution in [-0.2, 0) is 7.05 Å². The van der Waals surface area contributed by atoms with E-state index in [0.29, 0.717) is 11.5 Å². The first-order valence-electron chi connectivity index (χ1n) is 3.43. The minimum atomic E-state index is 0.534. The molecular formula is C7H6N5. The van der Waals surface area contributed by atoms with E-state index in [1.165, 1.54) is 4.80 Å². The van der Waals surface area contributed by atoms with Crippen LogP contribution in [0.4, 0.5) is 0 Å². The first kappa shape index (κ1) is 6.90. The lowest BCUT2D eigenvalue weighted by Gasteiger charge is -1.88. The second-order valence-corrected chi connectivity index (χ2v) is 2.25. The van der Waals surface area contributed by atoms with E-state index in [9.17, 15) is 0 Å². The topological polar surface area (TPSA) is 56.5 Å². The SMILES string of the molecule is Cn1nnc(-c2cc[c]cn2)n1. The van der Waals surface area contributed by atoms with Gasteiger partial charge in [-0.15, -0.1) is 10.2 Å². The van der Waals surface area contributed by atoms with Gasteiger partial charge in [0, 0.05) is 12.3 Å². The zero-order valence-electron chi connectivity index (χ0n) is 6.47. The van der Waals surface area contributed by atoms with Crippen molar-refractivity contribution in [1.29, 1.82) is 0 Å². The van der Waals surface area contributed by atoms with Crippen LogP contribution in [0, 0.1) is 6.07 Å². The molecule has 1 radical (unpaired) electrons. The Balaban J connectivity index is 2.45. The highest BCUT2D eigenvalue weighted by atomic mass is 15.6. The van der Waals surface area contributed by atoms with Crippen LogP contribution in [0.1, 0.15) is 0 Å². The maximum absolute atomic E-state index is 4.03. The van der Waals surface area contributed by atoms with Crippen LogP contribution in [0.2, 0.25) is 0 Å². The third-order valence-electron chi connectivity index (χ3n) is 1.35. The van der Waals surface area contributed by atoms with Crippen molar-refractivity contribution in [2.24, 2.45) is 7.05 Å². The summed E-state index contributed by atoms with van der Waals surface area (Å²) in [5.41, 5.74) is 0.710. The summed E-state index contributed by atoms with van der Waals surface area (Å²) in [7, 11) is 1.71. The zero-order valence-corrected chi connectivity index (χ0v) is 6.47. The summed E-state index contributed by atoms with van der Waals surface area (Å²) in [5.74, 6) is 0.534. The smallest absolute Gasteiger partial charge is 0.223 e. The van der Waals surface area contributed by atoms with Crippen molar-refractivity contribution in [3.8, 4) is 11.5 Å². The summed E-state index contributed by atoms with van der Waals surface area (Å²) < 4.78 is 0. The number of hydrogen-bond donors (Lipinski definition) is 0. The Hall–Kier alpha value is -1.78. The maximum atomic E-state index is 4.03. The fraction of sp³-hybridized carbons (Fsp3) is 0.143. The van der Waals surface area contributed by atoms with Crippen molar-refractivity contribution >= 4 is 0 Å². The van der Waals surface area contributed by atoms with Gasteiger partial charge in [-0.1, -0.05) is 6.07 Å². The summed E-state index contributed by atoms with van der Waals surface area (Å²) in [4.78, 5) is 5.42. The number of aryl methyl sites for hydroxylation is 1. The Labute approximate surface area is 69.1 Å². The second kappa shape index (κ2) is 2.69. The maximum Gasteiger partial charge on any atom is 0.223 e. The number of tetrazole rings is 1. The number of pyridine rings is 1. The fourth-order valence-corrected chi connectivity index (χ4v) is 0.839. The molecule has 0 N–H and O–H groups in total. The summed E-state index contributed by atoms with van der Waals surface area (Å²) in [6.07, 6.45) is 1.58. The van der Waals surface area contributed by atoms with E-state index in [2.05, 4.69) is 26.5 Å². The van der Waals surface area contributed by atoms with Gasteiger partial charge in [0.1, 0.15) is 5.69 Å². The monoisotopic (exact) mass is 160 g/mol. The van der Waals surface area contributed by atoms with Crippen molar-refractivity contribution in [1.82, 2.24) is 25.2 Å². The van der Waals surface area contributed by atoms with E-state index in [-0.39, 0.29) is 0 Å². The standard InChI is InChI=1S/C7H6N5/c1-12-10-7(9-11-12)6-4-2-3-5-8-6/h2,4-5H,1H3. The molecule has 2 heterocycles. The van der Waals surface area contributed by atoms with Crippen LogP contribution >= 0.6 is 0 Å². The molecule has 59 valence electrons. The second-order valence-electron chi connectivity index (χ2n) is 2.25. The van der Waals surface area contributed by atoms with Gasteiger partial charge in [0.15, 0.2) is 0 Å². The molecule has 0 bridgehead atoms. The van der Waals surface area contributed by atoms with E-state index in [1.807, 2.05) is 0 Å². The number of aromatic nitrogens is 5. The van der Waals surface area contributed by atoms with Gasteiger partial charge in [0.05, 0.1) is 7.05 Å². The van der Waals surface area contributed by atoms with Crippen molar-refractivity contribution in [3.05, 3.63) is 24.4 Å². The first-order valence-corrected chi connectivity index (χ1v) is 3.43. The average Bonchev–Trinajstić information content (AvgIpc) is 2.54. The molecule has 2 rings (SSSR count). The van der Waals surface area contributed by atoms with Gasteiger partial charge in [-0.25, -0.2) is 0 Å². The molecule has 0 spiro atoms. The van der Waals surface area contributed by atoms with Crippen LogP contribution in [0.3, 0.4) is 0 Å². The van der Waals surface area contributed by atoms with Crippen molar-refractivity contribution < 1.29 is 0 Å². The van der Waals surface area contributed by atoms with Gasteiger partial charge in [0.2, 0.25) is 5.82 Å². The van der Waals surface area contributed by atoms with E-state index >= 15 is 0 Å². The van der Waals surface area contributed by atoms with Crippen molar-refractivity contribution in [2.75, 3.05) is 0 Å². The zero-order chi connectivity index (χ0) is 8.39. The molecule has 0 saturated heterocycles. The third kappa shape index (κ3) is 1.16. The number of nitrogens with zero attached hydrogens (tertiary/aromatic N) is 5. The van der Waals surface area contributed by atoms with Crippen LogP contribution in [0.15, 0.2) is 18.3 Å². The Morgan fingerprint density at radius 2 is 2.42 bits per heavy atom. The van der Waals surface area contributed by atoms with Gasteiger partial charge in [-0.2, -0.15) is 4.80 Å². The molecular weight excluding hydrogens is 154 g/mol. The molecule has 5 heteroatoms. The third-order valence-corrected chi connectivity index (χ3v) is 1.35. The molecule has 0 aliphatic carbocycles. The summed E-state index contributed by atoms with van der Waals surface area (Å²) >= 11 is 0. The van der Waals surface area contributed by atoms with Gasteiger partial charge in [0.25, 0.3) is 0 Å². The molecule has 0 aliphatic rings. The molecule has 0 fully saturated rings. The summed E-state index contributed by atoms with van der Waals surface area (Å²) in [6.45, 7) is 0. The van der Waals surface area contributed by atoms with E-state index < -0.39 is 0 Å². The van der Waals surface area contributed by atoms with E-state index in [0.717, 1.165) is 0 Å². The highest BCUT2D eigenvalue weighted by Crippen LogP contribution is 2.06. The molecule has 0 aliphatic heterocycles. The van der Waals surface area contributed by atoms with Crippen LogP contribution in [-0.4, -0.2) is 25.2 Å². The lowest BCUT2D eigenvalue weighted by molar-refractivity contribution is 0.630. The quantitative estimate of drug-likeness (QED) is 0.592. The first-order chi connectivity index (χ1) is 5.86. The molecule has 0 unspecified atom stereocenters. The predicted molar refractivity (Wildman–Crippen MR) is 40.9 cm³/mol. The molecule has 12 heavy (non-hydrogen) atoms. The summed E-state index contributed by atoms with van der Waals surface area (Å²) in [5, 5.41) is 11.5. The normalized spacial score (nSPS) is 10.1. The van der Waals surface area contributed by atoms with Crippen LogP contribution in [0.5, 0.6) is 0 Å². The minimum absolute atomic E-state index is 0.534. The number of rotatable bonds is 1. The highest BCUT2D eigenvalue weighted by Gasteiger charge is 2.02. The fourth-order valence-electron chi connectivity index (χ4n) is 0.839. The Morgan fingerprint density at radius 3 is 3.00 bits per heavy atom. The molecule has 0 aromatic carbocycles. The molecule has 2 aromatic rings. The predicted octanol–water partition coefficient (Wildman–Crippen LogP) is 0.0723. The minimum Gasteiger partial charge on any atom is -0.252 e. The Morgan fingerprint density at radius 1 is 1.50 bits per heavy atom. The molecule has 2 aromatic heterocycles. The highest BCUT2D eigenvalue weighted by molar-refractivity contribution is 5.46. The number of hydrogen-bond acceptors (Lipinski definition) is 4. The van der Waals surface area contributed by atoms with E-state index in [1.54, 1.807) is 25.4 Å². The lowest BCUT2D eigenvalue weighted by atomic mass is 10.3. The molecule has 0 atom stereocenters. The molecule has 0 saturated carbocycles. The van der Waals surface area contributed by atoms with Crippen molar-refractivity contribution in [3.63, 3.8) is 0 Å². The van der Waals surface area contributed by atoms with Crippen LogP contribution in [0.25, 0.3) is 11.5 Å². The van der Waals surface area contributed by atoms with Gasteiger partial charge < -0.3 is 0 Å². The van der Waals surface area contributed by atoms with E-state index in [4.69, 9.17) is 0 Å². The molecule has 5 nitrogen and oxygen atoms in total. The lowest BCUT2D eigenvalue weighted by Crippen LogP contribution is -1.92. The largest absolute Gasteiger partial charge is 0.252 e. The average molecular weight is 160 g/mol. The van der Waals surface area contributed by atoms with Crippen molar-refractivity contribution in [2.45, 2.75) is 0 Å². The Kier molecular flexibility index (Phi) is 1.55.